The Morgan fingerprint density at radius 3 is 1.96 bits per heavy atom. The van der Waals surface area contributed by atoms with Gasteiger partial charge in [-0.3, -0.25) is 4.99 Å². The maximum atomic E-state index is 6.26. The lowest BCUT2D eigenvalue weighted by molar-refractivity contribution is 0.474. The van der Waals surface area contributed by atoms with Crippen LogP contribution in [0.1, 0.15) is 29.7 Å². The molecule has 1 aliphatic heterocycles. The van der Waals surface area contributed by atoms with Gasteiger partial charge in [-0.05, 0) is 76.5 Å². The molecule has 0 bridgehead atoms. The zero-order valence-corrected chi connectivity index (χ0v) is 29.1. The van der Waals surface area contributed by atoms with E-state index in [1.54, 1.807) is 0 Å². The SMILES string of the molecule is CC1C2c3ccoc3C(c3cccc4ccccc34)=NC12n1c2ccccc2c2cc(-c3ccc4c(c3)c3ccccc3n4-c3ccccc3)ccc21. The zero-order chi connectivity index (χ0) is 34.8. The van der Waals surface area contributed by atoms with Gasteiger partial charge >= 0.3 is 0 Å². The summed E-state index contributed by atoms with van der Waals surface area (Å²) < 4.78 is 11.2. The van der Waals surface area contributed by atoms with Crippen LogP contribution in [0.25, 0.3) is 71.2 Å². The van der Waals surface area contributed by atoms with E-state index in [1.807, 2.05) is 6.26 Å². The number of para-hydroxylation sites is 3. The number of benzene rings is 7. The standard InChI is InChI=1S/C49H33N3O/c1-30-46-39-26-27-53-48(39)47(38-19-11-13-31-12-5-6-16-35(31)38)50-49(30,46)52-44-21-10-8-18-37(44)41-29-33(23-25-45(41)52)32-22-24-43-40(28-32)36-17-7-9-20-42(36)51(43)34-14-3-2-4-15-34/h2-30,46H,1H3. The van der Waals surface area contributed by atoms with E-state index in [0.29, 0.717) is 0 Å². The normalized spacial score (nSPS) is 19.2. The van der Waals surface area contributed by atoms with Crippen LogP contribution in [0, 0.1) is 5.92 Å². The number of fused-ring (bicyclic) bond motifs is 10. The van der Waals surface area contributed by atoms with Gasteiger partial charge in [0.2, 0.25) is 0 Å². The molecule has 3 atom stereocenters. The van der Waals surface area contributed by atoms with Gasteiger partial charge in [0.1, 0.15) is 11.4 Å². The van der Waals surface area contributed by atoms with E-state index < -0.39 is 5.66 Å². The lowest BCUT2D eigenvalue weighted by atomic mass is 9.95. The first-order valence-corrected chi connectivity index (χ1v) is 18.5. The number of rotatable bonds is 4. The molecule has 10 aromatic rings. The minimum absolute atomic E-state index is 0.220. The van der Waals surface area contributed by atoms with E-state index in [9.17, 15) is 0 Å². The first-order valence-electron chi connectivity index (χ1n) is 18.5. The smallest absolute Gasteiger partial charge is 0.156 e. The fourth-order valence-electron chi connectivity index (χ4n) is 9.74. The summed E-state index contributed by atoms with van der Waals surface area (Å²) in [6, 6.07) is 59.5. The molecule has 0 N–H and O–H groups in total. The average Bonchev–Trinajstić information content (AvgIpc) is 3.60. The monoisotopic (exact) mass is 679 g/mol. The quantitative estimate of drug-likeness (QED) is 0.182. The van der Waals surface area contributed by atoms with Gasteiger partial charge in [0.15, 0.2) is 5.76 Å². The number of furan rings is 1. The predicted molar refractivity (Wildman–Crippen MR) is 217 cm³/mol. The molecule has 53 heavy (non-hydrogen) atoms. The van der Waals surface area contributed by atoms with Gasteiger partial charge in [0, 0.05) is 50.2 Å². The molecule has 4 heterocycles. The van der Waals surface area contributed by atoms with Crippen LogP contribution < -0.4 is 0 Å². The number of hydrogen-bond donors (Lipinski definition) is 0. The largest absolute Gasteiger partial charge is 0.462 e. The molecule has 1 saturated carbocycles. The van der Waals surface area contributed by atoms with E-state index in [-0.39, 0.29) is 11.8 Å². The van der Waals surface area contributed by atoms with Gasteiger partial charge in [-0.1, -0.05) is 116 Å². The first kappa shape index (κ1) is 29.0. The summed E-state index contributed by atoms with van der Waals surface area (Å²) >= 11 is 0. The Hall–Kier alpha value is -6.65. The average molecular weight is 680 g/mol. The van der Waals surface area contributed by atoms with E-state index in [0.717, 1.165) is 17.0 Å². The molecule has 2 aliphatic rings. The van der Waals surface area contributed by atoms with Crippen LogP contribution in [0.3, 0.4) is 0 Å². The van der Waals surface area contributed by atoms with Crippen molar-refractivity contribution in [2.45, 2.75) is 18.5 Å². The lowest BCUT2D eigenvalue weighted by Crippen LogP contribution is -2.25. The molecular weight excluding hydrogens is 647 g/mol. The van der Waals surface area contributed by atoms with Crippen molar-refractivity contribution in [1.29, 1.82) is 0 Å². The number of aliphatic imine (C=N–C) groups is 1. The highest BCUT2D eigenvalue weighted by Crippen LogP contribution is 2.68. The van der Waals surface area contributed by atoms with Gasteiger partial charge in [-0.15, -0.1) is 0 Å². The van der Waals surface area contributed by atoms with Gasteiger partial charge in [0.25, 0.3) is 0 Å². The third-order valence-corrected chi connectivity index (χ3v) is 12.2. The Kier molecular flexibility index (Phi) is 5.72. The molecule has 7 aromatic carbocycles. The van der Waals surface area contributed by atoms with Crippen LogP contribution in [0.5, 0.6) is 0 Å². The molecule has 0 spiro atoms. The molecule has 3 unspecified atom stereocenters. The van der Waals surface area contributed by atoms with Crippen molar-refractivity contribution in [3.63, 3.8) is 0 Å². The topological polar surface area (TPSA) is 35.4 Å². The van der Waals surface area contributed by atoms with Gasteiger partial charge in [-0.2, -0.15) is 0 Å². The zero-order valence-electron chi connectivity index (χ0n) is 29.1. The maximum Gasteiger partial charge on any atom is 0.156 e. The second-order valence-corrected chi connectivity index (χ2v) is 14.7. The number of nitrogens with zero attached hydrogens (tertiary/aromatic N) is 3. The first-order chi connectivity index (χ1) is 26.2. The van der Waals surface area contributed by atoms with Crippen LogP contribution >= 0.6 is 0 Å². The minimum atomic E-state index is -0.468. The molecule has 1 aliphatic carbocycles. The molecule has 4 heteroatoms. The second kappa shape index (κ2) is 10.5. The fourth-order valence-corrected chi connectivity index (χ4v) is 9.74. The molecule has 0 saturated heterocycles. The van der Waals surface area contributed by atoms with Crippen LogP contribution in [0.2, 0.25) is 0 Å². The summed E-state index contributed by atoms with van der Waals surface area (Å²) in [5, 5.41) is 7.40. The van der Waals surface area contributed by atoms with E-state index >= 15 is 0 Å². The molecule has 1 fully saturated rings. The van der Waals surface area contributed by atoms with E-state index in [4.69, 9.17) is 9.41 Å². The van der Waals surface area contributed by atoms with E-state index in [1.165, 1.54) is 76.8 Å². The summed E-state index contributed by atoms with van der Waals surface area (Å²) in [6.45, 7) is 2.35. The predicted octanol–water partition coefficient (Wildman–Crippen LogP) is 12.2. The fraction of sp³-hybridized carbons (Fsp3) is 0.0816. The van der Waals surface area contributed by atoms with Crippen molar-refractivity contribution in [2.24, 2.45) is 10.9 Å². The third-order valence-electron chi connectivity index (χ3n) is 12.2. The summed E-state index contributed by atoms with van der Waals surface area (Å²) in [5.41, 5.74) is 11.3. The summed E-state index contributed by atoms with van der Waals surface area (Å²) in [6.07, 6.45) is 1.85. The number of aromatic nitrogens is 2. The van der Waals surface area contributed by atoms with Crippen molar-refractivity contribution in [1.82, 2.24) is 9.13 Å². The molecule has 0 amide bonds. The third kappa shape index (κ3) is 3.82. The molecule has 12 rings (SSSR count). The van der Waals surface area contributed by atoms with Crippen molar-refractivity contribution in [3.8, 4) is 16.8 Å². The Balaban J connectivity index is 1.07. The summed E-state index contributed by atoms with van der Waals surface area (Å²) in [5.74, 6) is 1.41. The van der Waals surface area contributed by atoms with Crippen LogP contribution in [0.4, 0.5) is 0 Å². The molecule has 3 aromatic heterocycles. The van der Waals surface area contributed by atoms with Crippen molar-refractivity contribution >= 4 is 60.1 Å². The Morgan fingerprint density at radius 2 is 1.15 bits per heavy atom. The highest BCUT2D eigenvalue weighted by molar-refractivity contribution is 6.20. The Labute approximate surface area is 305 Å². The van der Waals surface area contributed by atoms with Gasteiger partial charge < -0.3 is 13.6 Å². The lowest BCUT2D eigenvalue weighted by Gasteiger charge is -2.25. The molecule has 250 valence electrons. The van der Waals surface area contributed by atoms with Crippen molar-refractivity contribution < 1.29 is 4.42 Å². The van der Waals surface area contributed by atoms with Crippen LogP contribution in [-0.2, 0) is 5.66 Å². The van der Waals surface area contributed by atoms with Crippen LogP contribution in [-0.4, -0.2) is 14.8 Å². The van der Waals surface area contributed by atoms with Gasteiger partial charge in [-0.25, -0.2) is 0 Å². The Morgan fingerprint density at radius 1 is 0.547 bits per heavy atom. The highest BCUT2D eigenvalue weighted by Gasteiger charge is 2.68. The maximum absolute atomic E-state index is 6.26. The molecule has 0 radical (unpaired) electrons. The Bertz CT molecular complexity index is 3150. The highest BCUT2D eigenvalue weighted by atomic mass is 16.3. The molecular formula is C49H33N3O. The molecule has 4 nitrogen and oxygen atoms in total. The van der Waals surface area contributed by atoms with Crippen molar-refractivity contribution in [2.75, 3.05) is 0 Å². The van der Waals surface area contributed by atoms with Crippen molar-refractivity contribution in [3.05, 3.63) is 187 Å². The second-order valence-electron chi connectivity index (χ2n) is 14.7. The summed E-state index contributed by atoms with van der Waals surface area (Å²) in [4.78, 5) is 5.80. The summed E-state index contributed by atoms with van der Waals surface area (Å²) in [7, 11) is 0. The van der Waals surface area contributed by atoms with E-state index in [2.05, 4.69) is 180 Å². The van der Waals surface area contributed by atoms with Gasteiger partial charge in [0.05, 0.1) is 28.3 Å². The number of hydrogen-bond acceptors (Lipinski definition) is 2. The van der Waals surface area contributed by atoms with Crippen LogP contribution in [0.15, 0.2) is 179 Å². The minimum Gasteiger partial charge on any atom is -0.462 e.